The fraction of sp³-hybridized carbons (Fsp3) is 0.912. The fourth-order valence-corrected chi connectivity index (χ4v) is 12.2. The number of rotatable bonds is 50. The van der Waals surface area contributed by atoms with Crippen molar-refractivity contribution in [3.05, 3.63) is 34.9 Å². The average molecular weight is 1180 g/mol. The molecule has 0 heterocycles. The van der Waals surface area contributed by atoms with E-state index >= 15 is 0 Å². The van der Waals surface area contributed by atoms with Crippen LogP contribution in [0, 0.1) is 11.8 Å². The Labute approximate surface area is 502 Å². The van der Waals surface area contributed by atoms with Crippen molar-refractivity contribution in [2.45, 2.75) is 311 Å². The van der Waals surface area contributed by atoms with Crippen molar-refractivity contribution in [1.29, 1.82) is 0 Å². The summed E-state index contributed by atoms with van der Waals surface area (Å²) in [5.41, 5.74) is 3.71. The predicted octanol–water partition coefficient (Wildman–Crippen LogP) is 19.4. The van der Waals surface area contributed by atoms with Gasteiger partial charge in [-0.3, -0.25) is 8.88 Å². The average Bonchev–Trinajstić information content (AvgIpc) is 3.40. The molecule has 12 heteroatoms. The summed E-state index contributed by atoms with van der Waals surface area (Å²) in [5.74, 6) is 0.744. The van der Waals surface area contributed by atoms with Crippen molar-refractivity contribution in [3.8, 4) is 0 Å². The maximum absolute atomic E-state index is 11.3. The third-order valence-corrected chi connectivity index (χ3v) is 18.0. The molecule has 80 heavy (non-hydrogen) atoms. The minimum Gasteiger partial charge on any atom is -0.790 e. The first-order chi connectivity index (χ1) is 37.9. The minimum atomic E-state index is -5.66. The first-order valence-electron chi connectivity index (χ1n) is 34.2. The molecule has 0 radical (unpaired) electrons. The van der Waals surface area contributed by atoms with Crippen molar-refractivity contribution in [1.82, 2.24) is 0 Å². The third-order valence-electron chi connectivity index (χ3n) is 15.9. The predicted molar refractivity (Wildman–Crippen MR) is 349 cm³/mol. The van der Waals surface area contributed by atoms with Gasteiger partial charge in [0.2, 0.25) is 0 Å². The zero-order valence-corrected chi connectivity index (χ0v) is 59.0. The van der Waals surface area contributed by atoms with Crippen molar-refractivity contribution in [2.75, 3.05) is 85.1 Å². The highest BCUT2D eigenvalue weighted by molar-refractivity contribution is 7.58. The van der Waals surface area contributed by atoms with E-state index in [0.29, 0.717) is 5.92 Å². The Morgan fingerprint density at radius 1 is 0.412 bits per heavy atom. The van der Waals surface area contributed by atoms with Crippen LogP contribution in [0.25, 0.3) is 0 Å². The highest BCUT2D eigenvalue weighted by Crippen LogP contribution is 2.50. The van der Waals surface area contributed by atoms with E-state index in [1.54, 1.807) is 6.08 Å². The molecule has 10 nitrogen and oxygen atoms in total. The summed E-state index contributed by atoms with van der Waals surface area (Å²) in [4.78, 5) is 32.2. The lowest BCUT2D eigenvalue weighted by molar-refractivity contribution is -0.929. The van der Waals surface area contributed by atoms with Crippen molar-refractivity contribution in [2.24, 2.45) is 11.8 Å². The summed E-state index contributed by atoms with van der Waals surface area (Å²) < 4.78 is 33.9. The van der Waals surface area contributed by atoms with E-state index in [-0.39, 0.29) is 12.5 Å². The van der Waals surface area contributed by atoms with Crippen LogP contribution in [0.3, 0.4) is 0 Å². The second kappa shape index (κ2) is 56.2. The summed E-state index contributed by atoms with van der Waals surface area (Å²) >= 11 is 0. The number of nitrogens with zero attached hydrogens (tertiary/aromatic N) is 3. The van der Waals surface area contributed by atoms with E-state index in [1.807, 2.05) is 13.8 Å². The monoisotopic (exact) mass is 1180 g/mol. The van der Waals surface area contributed by atoms with Gasteiger partial charge in [0.05, 0.1) is 93.0 Å². The van der Waals surface area contributed by atoms with Gasteiger partial charge in [-0.25, -0.2) is 0 Å². The van der Waals surface area contributed by atoms with E-state index in [1.165, 1.54) is 257 Å². The molecule has 0 aliphatic rings. The molecule has 0 spiro atoms. The van der Waals surface area contributed by atoms with Gasteiger partial charge >= 0.3 is 0 Å². The molecule has 0 amide bonds. The van der Waals surface area contributed by atoms with Crippen molar-refractivity contribution < 1.29 is 46.1 Å². The van der Waals surface area contributed by atoms with Gasteiger partial charge < -0.3 is 37.2 Å². The molecule has 0 aliphatic carbocycles. The lowest BCUT2D eigenvalue weighted by Crippen LogP contribution is -2.50. The first-order valence-corrected chi connectivity index (χ1v) is 37.1. The standard InChI is InChI=1S/C20H38O7P2.3C16H36N/c1-16(2)9-7-10-19(15-17(3)4)11-8-12-20(18(5)6)13-14-26-29(24,25)27-28(21,22)23;3*1-5-9-13-17(14-10-6-2,15-11-7-3)16-12-8-4/h9,11,13,17-18H,7-8,10,12,14-15H2,1-6H3,(H,24,25)(H2,21,22,23);3*5-16H2,1-4H3/q;3*+1/p-3/b19-11-,20-13-;;;. The van der Waals surface area contributed by atoms with Gasteiger partial charge in [0.15, 0.2) is 0 Å². The molecule has 0 saturated heterocycles. The van der Waals surface area contributed by atoms with Crippen LogP contribution >= 0.6 is 15.6 Å². The van der Waals surface area contributed by atoms with Crippen LogP contribution < -0.4 is 14.7 Å². The van der Waals surface area contributed by atoms with Gasteiger partial charge in [-0.1, -0.05) is 223 Å². The molecule has 1 unspecified atom stereocenters. The van der Waals surface area contributed by atoms with E-state index in [2.05, 4.69) is 132 Å². The van der Waals surface area contributed by atoms with Gasteiger partial charge in [-0.15, -0.1) is 0 Å². The lowest BCUT2D eigenvalue weighted by atomic mass is 9.94. The lowest BCUT2D eigenvalue weighted by Gasteiger charge is -2.39. The van der Waals surface area contributed by atoms with E-state index < -0.39 is 15.6 Å². The largest absolute Gasteiger partial charge is 0.790 e. The van der Waals surface area contributed by atoms with Crippen LogP contribution in [-0.4, -0.2) is 98.6 Å². The molecular weight excluding hydrogens is 1030 g/mol. The summed E-state index contributed by atoms with van der Waals surface area (Å²) in [6.07, 6.45) is 43.9. The van der Waals surface area contributed by atoms with Gasteiger partial charge in [-0.2, -0.15) is 0 Å². The van der Waals surface area contributed by atoms with Crippen molar-refractivity contribution in [3.63, 3.8) is 0 Å². The molecule has 0 aromatic carbocycles. The molecule has 0 fully saturated rings. The number of quaternary nitrogens is 3. The molecule has 0 aromatic heterocycles. The smallest absolute Gasteiger partial charge is 0.272 e. The maximum Gasteiger partial charge on any atom is 0.272 e. The summed E-state index contributed by atoms with van der Waals surface area (Å²) in [6.45, 7) is 57.2. The van der Waals surface area contributed by atoms with E-state index in [9.17, 15) is 23.8 Å². The minimum absolute atomic E-state index is 0.170. The Morgan fingerprint density at radius 3 is 0.887 bits per heavy atom. The molecule has 482 valence electrons. The Balaban J connectivity index is -0.000000498. The number of allylic oxidation sites excluding steroid dienone is 5. The molecule has 0 saturated carbocycles. The Morgan fingerprint density at radius 2 is 0.675 bits per heavy atom. The quantitative estimate of drug-likeness (QED) is 0.0338. The van der Waals surface area contributed by atoms with Crippen LogP contribution in [0.1, 0.15) is 311 Å². The number of hydrogen-bond acceptors (Lipinski definition) is 7. The van der Waals surface area contributed by atoms with Gasteiger partial charge in [0, 0.05) is 0 Å². The topological polar surface area (TPSA) is 122 Å². The Hall–Kier alpha value is -0.640. The second-order valence-electron chi connectivity index (χ2n) is 25.0. The zero-order valence-electron chi connectivity index (χ0n) is 57.2. The number of phosphoric ester groups is 1. The molecule has 0 N–H and O–H groups in total. The zero-order chi connectivity index (χ0) is 61.6. The van der Waals surface area contributed by atoms with Crippen LogP contribution in [0.5, 0.6) is 0 Å². The van der Waals surface area contributed by atoms with Crippen LogP contribution in [0.15, 0.2) is 34.9 Å². The molecule has 1 atom stereocenters. The normalized spacial score (nSPS) is 13.3. The molecule has 0 aromatic rings. The highest BCUT2D eigenvalue weighted by atomic mass is 31.3. The molecule has 0 rings (SSSR count). The number of hydrogen-bond donors (Lipinski definition) is 0. The van der Waals surface area contributed by atoms with Gasteiger partial charge in [0.1, 0.15) is 0 Å². The van der Waals surface area contributed by atoms with Gasteiger partial charge in [-0.05, 0) is 135 Å². The van der Waals surface area contributed by atoms with Crippen LogP contribution in [0.4, 0.5) is 0 Å². The fourth-order valence-electron chi connectivity index (χ4n) is 10.7. The van der Waals surface area contributed by atoms with Crippen molar-refractivity contribution >= 4 is 15.6 Å². The van der Waals surface area contributed by atoms with E-state index in [0.717, 1.165) is 37.7 Å². The number of unbranched alkanes of at least 4 members (excludes halogenated alkanes) is 12. The van der Waals surface area contributed by atoms with Crippen LogP contribution in [-0.2, 0) is 18.0 Å². The SMILES string of the molecule is CC(C)=CCC/C(=C/CC/C(=C/COP(=O)([O-])OP(=O)([O-])[O-])C(C)C)CC(C)C.CCCC[N+](CCCC)(CCCC)CCCC.CCCC[N+](CCCC)(CCCC)CCCC.CCCC[N+](CCCC)(CCCC)CCCC. The molecule has 0 aliphatic heterocycles. The molecule has 0 bridgehead atoms. The summed E-state index contributed by atoms with van der Waals surface area (Å²) in [6, 6.07) is 0. The van der Waals surface area contributed by atoms with E-state index in [4.69, 9.17) is 0 Å². The second-order valence-corrected chi connectivity index (χ2v) is 27.7. The summed E-state index contributed by atoms with van der Waals surface area (Å²) in [7, 11) is -10.8. The Kier molecular flexibility index (Phi) is 60.3. The Bertz CT molecular complexity index is 1340. The maximum atomic E-state index is 11.3. The third kappa shape index (κ3) is 52.9. The number of phosphoric acid groups is 2. The first kappa shape index (κ1) is 85.8. The molecular formula is C68H143N3O7P2. The highest BCUT2D eigenvalue weighted by Gasteiger charge is 2.27. The van der Waals surface area contributed by atoms with Crippen LogP contribution in [0.2, 0.25) is 0 Å². The summed E-state index contributed by atoms with van der Waals surface area (Å²) in [5, 5.41) is 0. The van der Waals surface area contributed by atoms with Gasteiger partial charge in [0.25, 0.3) is 7.82 Å².